The molecule has 1 N–H and O–H groups in total. The summed E-state index contributed by atoms with van der Waals surface area (Å²) in [6.07, 6.45) is -3.34. The summed E-state index contributed by atoms with van der Waals surface area (Å²) in [6.45, 7) is 1.56. The highest BCUT2D eigenvalue weighted by atomic mass is 35.5. The normalized spacial score (nSPS) is 12.1. The number of benzene rings is 1. The number of H-pyrrole nitrogens is 1. The van der Waals surface area contributed by atoms with Gasteiger partial charge in [-0.25, -0.2) is 9.67 Å². The molecule has 3 rings (SSSR count). The topological polar surface area (TPSA) is 63.6 Å². The number of aromatic amines is 1. The van der Waals surface area contributed by atoms with Gasteiger partial charge in [0.05, 0.1) is 21.8 Å². The Morgan fingerprint density at radius 3 is 2.39 bits per heavy atom. The maximum absolute atomic E-state index is 12.8. The number of hydrogen-bond acceptors (Lipinski definition) is 3. The molecule has 1 aromatic carbocycles. The zero-order valence-electron chi connectivity index (χ0n) is 11.4. The fraction of sp³-hybridized carbons (Fsp3) is 0.154. The second kappa shape index (κ2) is 5.24. The summed E-state index contributed by atoms with van der Waals surface area (Å²) >= 11 is 11.9. The van der Waals surface area contributed by atoms with Gasteiger partial charge >= 0.3 is 6.18 Å². The van der Waals surface area contributed by atoms with Crippen LogP contribution in [0.5, 0.6) is 0 Å². The fourth-order valence-electron chi connectivity index (χ4n) is 2.12. The Morgan fingerprint density at radius 1 is 1.22 bits per heavy atom. The largest absolute Gasteiger partial charge is 0.416 e. The molecule has 0 aliphatic heterocycles. The number of aromatic nitrogens is 4. The van der Waals surface area contributed by atoms with Crippen LogP contribution in [0, 0.1) is 6.92 Å². The van der Waals surface area contributed by atoms with Gasteiger partial charge in [0.2, 0.25) is 0 Å². The number of nitrogens with one attached hydrogen (secondary N) is 1. The molecule has 2 aromatic heterocycles. The molecule has 0 aliphatic rings. The van der Waals surface area contributed by atoms with Crippen molar-refractivity contribution in [3.05, 3.63) is 50.1 Å². The molecule has 0 aliphatic carbocycles. The van der Waals surface area contributed by atoms with E-state index < -0.39 is 17.3 Å². The first-order valence-electron chi connectivity index (χ1n) is 6.20. The molecule has 0 radical (unpaired) electrons. The van der Waals surface area contributed by atoms with Gasteiger partial charge in [-0.3, -0.25) is 4.79 Å². The van der Waals surface area contributed by atoms with E-state index >= 15 is 0 Å². The predicted octanol–water partition coefficient (Wildman–Crippen LogP) is 3.74. The molecule has 0 unspecified atom stereocenters. The van der Waals surface area contributed by atoms with Crippen LogP contribution in [0.25, 0.3) is 16.7 Å². The van der Waals surface area contributed by atoms with Gasteiger partial charge in [-0.2, -0.15) is 18.3 Å². The zero-order chi connectivity index (χ0) is 16.9. The Balaban J connectivity index is 2.30. The van der Waals surface area contributed by atoms with Crippen LogP contribution in [0.15, 0.2) is 23.1 Å². The van der Waals surface area contributed by atoms with Gasteiger partial charge in [0.15, 0.2) is 5.65 Å². The molecular weight excluding hydrogens is 356 g/mol. The summed E-state index contributed by atoms with van der Waals surface area (Å²) < 4.78 is 39.5. The Labute approximate surface area is 136 Å². The molecule has 23 heavy (non-hydrogen) atoms. The molecule has 3 aromatic rings. The monoisotopic (exact) mass is 362 g/mol. The van der Waals surface area contributed by atoms with Crippen LogP contribution in [0.4, 0.5) is 13.2 Å². The van der Waals surface area contributed by atoms with Crippen LogP contribution in [0.1, 0.15) is 11.4 Å². The summed E-state index contributed by atoms with van der Waals surface area (Å²) in [4.78, 5) is 18.5. The molecule has 5 nitrogen and oxygen atoms in total. The number of halogens is 5. The number of fused-ring (bicyclic) bond motifs is 1. The highest BCUT2D eigenvalue weighted by Gasteiger charge is 2.32. The van der Waals surface area contributed by atoms with E-state index in [9.17, 15) is 18.0 Å². The molecule has 0 spiro atoms. The Bertz CT molecular complexity index is 954. The first-order valence-corrected chi connectivity index (χ1v) is 6.95. The van der Waals surface area contributed by atoms with Gasteiger partial charge in [-0.05, 0) is 19.1 Å². The van der Waals surface area contributed by atoms with Gasteiger partial charge in [-0.1, -0.05) is 23.2 Å². The third kappa shape index (κ3) is 2.68. The SMILES string of the molecule is Cc1nc2c(cnn2-c2c(Cl)cc(C(F)(F)F)cc2Cl)c(=O)[nH]1. The second-order valence-corrected chi connectivity index (χ2v) is 5.55. The third-order valence-corrected chi connectivity index (χ3v) is 3.69. The predicted molar refractivity (Wildman–Crippen MR) is 79.2 cm³/mol. The van der Waals surface area contributed by atoms with Gasteiger partial charge < -0.3 is 4.98 Å². The van der Waals surface area contributed by atoms with E-state index in [-0.39, 0.29) is 26.8 Å². The zero-order valence-corrected chi connectivity index (χ0v) is 12.9. The first-order chi connectivity index (χ1) is 10.7. The van der Waals surface area contributed by atoms with Crippen molar-refractivity contribution < 1.29 is 13.2 Å². The van der Waals surface area contributed by atoms with Gasteiger partial charge in [0, 0.05) is 0 Å². The maximum atomic E-state index is 12.8. The Morgan fingerprint density at radius 2 is 1.83 bits per heavy atom. The van der Waals surface area contributed by atoms with Crippen LogP contribution in [0.3, 0.4) is 0 Å². The molecule has 0 bridgehead atoms. The average Bonchev–Trinajstić information content (AvgIpc) is 2.81. The summed E-state index contributed by atoms with van der Waals surface area (Å²) in [6, 6.07) is 1.49. The summed E-state index contributed by atoms with van der Waals surface area (Å²) in [7, 11) is 0. The van der Waals surface area contributed by atoms with E-state index in [0.717, 1.165) is 16.8 Å². The van der Waals surface area contributed by atoms with Crippen LogP contribution >= 0.6 is 23.2 Å². The van der Waals surface area contributed by atoms with Crippen LogP contribution in [-0.4, -0.2) is 19.7 Å². The number of alkyl halides is 3. The lowest BCUT2D eigenvalue weighted by atomic mass is 10.2. The van der Waals surface area contributed by atoms with Crippen molar-refractivity contribution in [1.82, 2.24) is 19.7 Å². The summed E-state index contributed by atoms with van der Waals surface area (Å²) in [5.74, 6) is 0.323. The third-order valence-electron chi connectivity index (χ3n) is 3.11. The molecule has 0 fully saturated rings. The lowest BCUT2D eigenvalue weighted by Crippen LogP contribution is -2.11. The van der Waals surface area contributed by atoms with Crippen molar-refractivity contribution in [3.8, 4) is 5.69 Å². The number of hydrogen-bond donors (Lipinski definition) is 1. The van der Waals surface area contributed by atoms with Crippen molar-refractivity contribution in [3.63, 3.8) is 0 Å². The maximum Gasteiger partial charge on any atom is 0.416 e. The van der Waals surface area contributed by atoms with Gasteiger partial charge in [-0.15, -0.1) is 0 Å². The molecule has 0 saturated heterocycles. The average molecular weight is 363 g/mol. The van der Waals surface area contributed by atoms with Crippen molar-refractivity contribution in [1.29, 1.82) is 0 Å². The molecular formula is C13H7Cl2F3N4O. The van der Waals surface area contributed by atoms with Crippen LogP contribution in [0.2, 0.25) is 10.0 Å². The standard InChI is InChI=1S/C13H7Cl2F3N4O/c1-5-20-11-7(12(23)21-5)4-19-22(11)10-8(14)2-6(3-9(10)15)13(16,17)18/h2-4H,1H3,(H,20,21,23). The highest BCUT2D eigenvalue weighted by Crippen LogP contribution is 2.37. The molecule has 0 amide bonds. The second-order valence-electron chi connectivity index (χ2n) is 4.73. The van der Waals surface area contributed by atoms with E-state index in [4.69, 9.17) is 23.2 Å². The molecule has 2 heterocycles. The Kier molecular flexibility index (Phi) is 3.61. The lowest BCUT2D eigenvalue weighted by molar-refractivity contribution is -0.137. The van der Waals surface area contributed by atoms with Crippen LogP contribution in [-0.2, 0) is 6.18 Å². The Hall–Kier alpha value is -2.06. The fourth-order valence-corrected chi connectivity index (χ4v) is 2.77. The van der Waals surface area contributed by atoms with Gasteiger partial charge in [0.1, 0.15) is 16.9 Å². The first kappa shape index (κ1) is 15.8. The van der Waals surface area contributed by atoms with Crippen molar-refractivity contribution in [2.75, 3.05) is 0 Å². The van der Waals surface area contributed by atoms with Crippen molar-refractivity contribution >= 4 is 34.2 Å². The lowest BCUT2D eigenvalue weighted by Gasteiger charge is -2.12. The minimum atomic E-state index is -4.58. The molecule has 0 atom stereocenters. The minimum Gasteiger partial charge on any atom is -0.310 e. The van der Waals surface area contributed by atoms with Crippen LogP contribution < -0.4 is 5.56 Å². The van der Waals surface area contributed by atoms with E-state index in [1.54, 1.807) is 6.92 Å². The molecule has 0 saturated carbocycles. The minimum absolute atomic E-state index is 0.0221. The van der Waals surface area contributed by atoms with Crippen molar-refractivity contribution in [2.24, 2.45) is 0 Å². The summed E-state index contributed by atoms with van der Waals surface area (Å²) in [5.41, 5.74) is -1.23. The smallest absolute Gasteiger partial charge is 0.310 e. The highest BCUT2D eigenvalue weighted by molar-refractivity contribution is 6.38. The summed E-state index contributed by atoms with van der Waals surface area (Å²) in [5, 5.41) is 3.62. The molecule has 10 heteroatoms. The van der Waals surface area contributed by atoms with Crippen molar-refractivity contribution in [2.45, 2.75) is 13.1 Å². The van der Waals surface area contributed by atoms with E-state index in [1.807, 2.05) is 0 Å². The quantitative estimate of drug-likeness (QED) is 0.717. The number of rotatable bonds is 1. The molecule has 120 valence electrons. The van der Waals surface area contributed by atoms with E-state index in [1.165, 1.54) is 6.20 Å². The van der Waals surface area contributed by atoms with E-state index in [0.29, 0.717) is 5.82 Å². The van der Waals surface area contributed by atoms with E-state index in [2.05, 4.69) is 15.1 Å². The van der Waals surface area contributed by atoms with Gasteiger partial charge in [0.25, 0.3) is 5.56 Å². The number of aryl methyl sites for hydroxylation is 1. The number of nitrogens with zero attached hydrogens (tertiary/aromatic N) is 3.